The maximum Gasteiger partial charge on any atom is 0.275 e. The van der Waals surface area contributed by atoms with Crippen molar-refractivity contribution < 1.29 is 18.4 Å². The van der Waals surface area contributed by atoms with Crippen molar-refractivity contribution >= 4 is 34.3 Å². The Hall–Kier alpha value is -3.19. The number of aryl methyl sites for hydroxylation is 1. The number of hydrogen-bond acceptors (Lipinski definition) is 4. The van der Waals surface area contributed by atoms with Crippen molar-refractivity contribution in [2.45, 2.75) is 26.2 Å². The molecular formula is C24H20F2N2O2S. The van der Waals surface area contributed by atoms with Crippen molar-refractivity contribution in [3.8, 4) is 10.6 Å². The van der Waals surface area contributed by atoms with E-state index in [0.717, 1.165) is 11.6 Å². The molecule has 0 saturated carbocycles. The van der Waals surface area contributed by atoms with Crippen molar-refractivity contribution in [1.29, 1.82) is 0 Å². The highest BCUT2D eigenvalue weighted by Gasteiger charge is 2.41. The van der Waals surface area contributed by atoms with E-state index in [2.05, 4.69) is 4.98 Å². The fraction of sp³-hybridized carbons (Fsp3) is 0.208. The predicted molar refractivity (Wildman–Crippen MR) is 119 cm³/mol. The average molecular weight is 438 g/mol. The molecule has 158 valence electrons. The fourth-order valence-electron chi connectivity index (χ4n) is 3.66. The third kappa shape index (κ3) is 4.05. The number of carbonyl (C=O) groups is 2. The van der Waals surface area contributed by atoms with Crippen molar-refractivity contribution in [3.63, 3.8) is 0 Å². The second-order valence-electron chi connectivity index (χ2n) is 7.40. The number of rotatable bonds is 3. The van der Waals surface area contributed by atoms with E-state index >= 15 is 0 Å². The van der Waals surface area contributed by atoms with Gasteiger partial charge in [-0.05, 0) is 26.0 Å². The number of fused-ring (bicyclic) bond motifs is 1. The van der Waals surface area contributed by atoms with Crippen LogP contribution in [0.2, 0.25) is 0 Å². The van der Waals surface area contributed by atoms with Gasteiger partial charge < -0.3 is 4.90 Å². The van der Waals surface area contributed by atoms with Crippen LogP contribution in [0, 0.1) is 6.92 Å². The number of halogens is 2. The molecule has 0 N–H and O–H groups in total. The molecule has 4 nitrogen and oxygen atoms in total. The minimum absolute atomic E-state index is 0.171. The van der Waals surface area contributed by atoms with E-state index in [1.807, 2.05) is 30.3 Å². The van der Waals surface area contributed by atoms with Crippen LogP contribution in [0.1, 0.15) is 34.3 Å². The molecule has 2 aromatic carbocycles. The van der Waals surface area contributed by atoms with Crippen molar-refractivity contribution in [3.05, 3.63) is 76.8 Å². The molecule has 0 saturated heterocycles. The van der Waals surface area contributed by atoms with Gasteiger partial charge in [0.1, 0.15) is 9.88 Å². The monoisotopic (exact) mass is 438 g/mol. The molecule has 0 atom stereocenters. The van der Waals surface area contributed by atoms with Crippen LogP contribution in [-0.2, 0) is 4.79 Å². The minimum atomic E-state index is -3.23. The summed E-state index contributed by atoms with van der Waals surface area (Å²) in [4.78, 5) is 31.4. The first-order valence-corrected chi connectivity index (χ1v) is 10.6. The smallest absolute Gasteiger partial charge is 0.275 e. The topological polar surface area (TPSA) is 50.3 Å². The number of benzene rings is 2. The lowest BCUT2D eigenvalue weighted by molar-refractivity contribution is -0.112. The molecule has 0 unspecified atom stereocenters. The summed E-state index contributed by atoms with van der Waals surface area (Å²) in [7, 11) is 0. The third-order valence-corrected chi connectivity index (χ3v) is 6.33. The summed E-state index contributed by atoms with van der Waals surface area (Å²) in [6.07, 6.45) is 0.397. The molecule has 0 radical (unpaired) electrons. The predicted octanol–water partition coefficient (Wildman–Crippen LogP) is 5.78. The molecule has 1 aromatic heterocycles. The number of aromatic nitrogens is 1. The lowest BCUT2D eigenvalue weighted by atomic mass is 9.96. The number of thiazole rings is 1. The Kier molecular flexibility index (Phi) is 5.54. The van der Waals surface area contributed by atoms with Crippen LogP contribution in [0.4, 0.5) is 14.5 Å². The Morgan fingerprint density at radius 1 is 1.10 bits per heavy atom. The maximum atomic E-state index is 14.9. The van der Waals surface area contributed by atoms with E-state index in [1.54, 1.807) is 25.1 Å². The van der Waals surface area contributed by atoms with Crippen molar-refractivity contribution in [2.24, 2.45) is 0 Å². The number of hydrogen-bond donors (Lipinski definition) is 0. The van der Waals surface area contributed by atoms with Crippen LogP contribution in [0.25, 0.3) is 16.1 Å². The molecule has 7 heteroatoms. The highest BCUT2D eigenvalue weighted by molar-refractivity contribution is 7.17. The average Bonchev–Trinajstić information content (AvgIpc) is 3.10. The van der Waals surface area contributed by atoms with Gasteiger partial charge in [0, 0.05) is 29.7 Å². The van der Waals surface area contributed by atoms with E-state index in [4.69, 9.17) is 0 Å². The number of nitrogens with zero attached hydrogens (tertiary/aromatic N) is 2. The van der Waals surface area contributed by atoms with Gasteiger partial charge in [-0.1, -0.05) is 48.5 Å². The fourth-order valence-corrected chi connectivity index (χ4v) is 4.68. The maximum absolute atomic E-state index is 14.9. The summed E-state index contributed by atoms with van der Waals surface area (Å²) in [5.74, 6) is -4.06. The first-order valence-electron chi connectivity index (χ1n) is 9.82. The zero-order valence-electron chi connectivity index (χ0n) is 17.1. The molecule has 1 amide bonds. The largest absolute Gasteiger partial charge is 0.307 e. The molecule has 31 heavy (non-hydrogen) atoms. The number of anilines is 1. The Morgan fingerprint density at radius 3 is 2.48 bits per heavy atom. The van der Waals surface area contributed by atoms with Gasteiger partial charge in [-0.25, -0.2) is 13.8 Å². The Balaban J connectivity index is 1.79. The number of para-hydroxylation sites is 1. The van der Waals surface area contributed by atoms with Crippen LogP contribution in [0.5, 0.6) is 0 Å². The van der Waals surface area contributed by atoms with Crippen molar-refractivity contribution in [2.75, 3.05) is 11.4 Å². The van der Waals surface area contributed by atoms with Gasteiger partial charge >= 0.3 is 0 Å². The van der Waals surface area contributed by atoms with Crippen LogP contribution < -0.4 is 4.90 Å². The number of amides is 1. The standard InChI is InChI=1S/C24H20F2N2O2S/c1-15(29)14-19-18-10-6-7-11-20(18)28(13-12-24(19,25)26)23(30)21-16(2)27-22(31-21)17-8-4-3-5-9-17/h3-11,14H,12-13H2,1-2H3/b19-14-. The summed E-state index contributed by atoms with van der Waals surface area (Å²) in [6, 6.07) is 16.0. The second-order valence-corrected chi connectivity index (χ2v) is 8.40. The van der Waals surface area contributed by atoms with Crippen LogP contribution in [-0.4, -0.2) is 29.1 Å². The molecule has 0 aliphatic carbocycles. The number of allylic oxidation sites excluding steroid dienone is 2. The molecule has 0 fully saturated rings. The Labute approximate surface area is 182 Å². The molecule has 2 heterocycles. The Morgan fingerprint density at radius 2 is 1.77 bits per heavy atom. The summed E-state index contributed by atoms with van der Waals surface area (Å²) < 4.78 is 29.9. The van der Waals surface area contributed by atoms with Gasteiger partial charge in [0.2, 0.25) is 0 Å². The van der Waals surface area contributed by atoms with Gasteiger partial charge in [-0.3, -0.25) is 9.59 Å². The highest BCUT2D eigenvalue weighted by Crippen LogP contribution is 2.43. The van der Waals surface area contributed by atoms with Crippen LogP contribution in [0.3, 0.4) is 0 Å². The molecule has 1 aliphatic heterocycles. The summed E-state index contributed by atoms with van der Waals surface area (Å²) in [6.45, 7) is 2.82. The van der Waals surface area contributed by atoms with E-state index in [-0.39, 0.29) is 23.6 Å². The van der Waals surface area contributed by atoms with E-state index in [9.17, 15) is 18.4 Å². The molecule has 0 bridgehead atoms. The minimum Gasteiger partial charge on any atom is -0.307 e. The third-order valence-electron chi connectivity index (χ3n) is 5.13. The zero-order valence-corrected chi connectivity index (χ0v) is 17.9. The van der Waals surface area contributed by atoms with Crippen molar-refractivity contribution in [1.82, 2.24) is 4.98 Å². The molecule has 1 aliphatic rings. The van der Waals surface area contributed by atoms with E-state index < -0.39 is 18.1 Å². The van der Waals surface area contributed by atoms with E-state index in [0.29, 0.717) is 21.3 Å². The first kappa shape index (κ1) is 21.1. The van der Waals surface area contributed by atoms with Crippen LogP contribution in [0.15, 0.2) is 60.7 Å². The van der Waals surface area contributed by atoms with Gasteiger partial charge in [0.15, 0.2) is 5.78 Å². The number of alkyl halides is 2. The van der Waals surface area contributed by atoms with Crippen LogP contribution >= 0.6 is 11.3 Å². The van der Waals surface area contributed by atoms with Gasteiger partial charge in [-0.2, -0.15) is 0 Å². The molecular weight excluding hydrogens is 418 g/mol. The summed E-state index contributed by atoms with van der Waals surface area (Å²) >= 11 is 1.25. The first-order chi connectivity index (χ1) is 14.8. The SMILES string of the molecule is CC(=O)/C=C1/c2ccccc2N(C(=O)c2sc(-c3ccccc3)nc2C)CCC1(F)F. The van der Waals surface area contributed by atoms with Gasteiger partial charge in [0.05, 0.1) is 11.4 Å². The summed E-state index contributed by atoms with van der Waals surface area (Å²) in [5.41, 5.74) is 1.66. The quantitative estimate of drug-likeness (QED) is 0.487. The van der Waals surface area contributed by atoms with E-state index in [1.165, 1.54) is 29.2 Å². The normalized spacial score (nSPS) is 16.6. The zero-order chi connectivity index (χ0) is 22.2. The molecule has 4 rings (SSSR count). The second kappa shape index (κ2) is 8.15. The Bertz CT molecular complexity index is 1190. The lowest BCUT2D eigenvalue weighted by Crippen LogP contribution is -2.33. The van der Waals surface area contributed by atoms with Gasteiger partial charge in [0.25, 0.3) is 11.8 Å². The lowest BCUT2D eigenvalue weighted by Gasteiger charge is -2.22. The summed E-state index contributed by atoms with van der Waals surface area (Å²) in [5, 5.41) is 0.701. The molecule has 3 aromatic rings. The van der Waals surface area contributed by atoms with Gasteiger partial charge in [-0.15, -0.1) is 11.3 Å². The highest BCUT2D eigenvalue weighted by atomic mass is 32.1. The number of ketones is 1. The molecule has 0 spiro atoms. The number of carbonyl (C=O) groups excluding carboxylic acids is 2.